The highest BCUT2D eigenvalue weighted by atomic mass is 32.1. The minimum absolute atomic E-state index is 0.681. The lowest BCUT2D eigenvalue weighted by atomic mass is 10.1. The lowest BCUT2D eigenvalue weighted by Crippen LogP contribution is -1.93. The summed E-state index contributed by atoms with van der Waals surface area (Å²) < 4.78 is 18.9. The normalized spacial score (nSPS) is 10.1. The number of nitrogens with one attached hydrogen (secondary N) is 1. The first kappa shape index (κ1) is 11.7. The zero-order chi connectivity index (χ0) is 12.3. The van der Waals surface area contributed by atoms with E-state index in [-0.39, 0.29) is 0 Å². The van der Waals surface area contributed by atoms with Crippen LogP contribution < -0.4 is 14.8 Å². The van der Waals surface area contributed by atoms with Crippen molar-refractivity contribution in [1.82, 2.24) is 8.75 Å². The molecule has 0 radical (unpaired) electrons. The standard InChI is InChI=1S/C11H13N3O2S/c1-12-11-10(13-17-14-11)7-4-5-8(15-2)9(6-7)16-3/h4-6H,1-3H3,(H,12,14). The molecule has 0 aliphatic heterocycles. The fourth-order valence-electron chi connectivity index (χ4n) is 1.53. The predicted octanol–water partition coefficient (Wildman–Crippen LogP) is 2.26. The number of hydrogen-bond acceptors (Lipinski definition) is 6. The Morgan fingerprint density at radius 1 is 1.12 bits per heavy atom. The fourth-order valence-corrected chi connectivity index (χ4v) is 2.10. The first-order chi connectivity index (χ1) is 8.30. The zero-order valence-electron chi connectivity index (χ0n) is 9.85. The molecule has 5 nitrogen and oxygen atoms in total. The van der Waals surface area contributed by atoms with Crippen molar-refractivity contribution in [3.05, 3.63) is 18.2 Å². The Morgan fingerprint density at radius 2 is 1.88 bits per heavy atom. The minimum Gasteiger partial charge on any atom is -0.493 e. The van der Waals surface area contributed by atoms with Gasteiger partial charge < -0.3 is 14.8 Å². The highest BCUT2D eigenvalue weighted by Gasteiger charge is 2.12. The first-order valence-electron chi connectivity index (χ1n) is 5.03. The van der Waals surface area contributed by atoms with Crippen LogP contribution in [0.1, 0.15) is 0 Å². The molecule has 2 rings (SSSR count). The highest BCUT2D eigenvalue weighted by Crippen LogP contribution is 2.34. The van der Waals surface area contributed by atoms with Gasteiger partial charge in [0, 0.05) is 12.6 Å². The van der Waals surface area contributed by atoms with E-state index in [9.17, 15) is 0 Å². The number of hydrogen-bond donors (Lipinski definition) is 1. The molecule has 1 aromatic heterocycles. The van der Waals surface area contributed by atoms with Gasteiger partial charge in [0.15, 0.2) is 17.3 Å². The number of methoxy groups -OCH3 is 2. The molecule has 90 valence electrons. The molecule has 0 saturated heterocycles. The van der Waals surface area contributed by atoms with E-state index in [4.69, 9.17) is 9.47 Å². The molecule has 0 fully saturated rings. The molecule has 6 heteroatoms. The van der Waals surface area contributed by atoms with E-state index in [0.717, 1.165) is 17.1 Å². The van der Waals surface area contributed by atoms with Crippen molar-refractivity contribution < 1.29 is 9.47 Å². The SMILES string of the molecule is CNc1nsnc1-c1ccc(OC)c(OC)c1. The second kappa shape index (κ2) is 5.01. The van der Waals surface area contributed by atoms with Gasteiger partial charge in [-0.05, 0) is 18.2 Å². The Hall–Kier alpha value is -1.82. The summed E-state index contributed by atoms with van der Waals surface area (Å²) >= 11 is 1.17. The quantitative estimate of drug-likeness (QED) is 0.903. The summed E-state index contributed by atoms with van der Waals surface area (Å²) in [5.41, 5.74) is 1.76. The molecule has 1 heterocycles. The average molecular weight is 251 g/mol. The number of nitrogens with zero attached hydrogens (tertiary/aromatic N) is 2. The Bertz CT molecular complexity index is 513. The van der Waals surface area contributed by atoms with Crippen LogP contribution >= 0.6 is 11.7 Å². The molecule has 0 saturated carbocycles. The first-order valence-corrected chi connectivity index (χ1v) is 5.76. The van der Waals surface area contributed by atoms with Crippen molar-refractivity contribution in [2.75, 3.05) is 26.6 Å². The van der Waals surface area contributed by atoms with Gasteiger partial charge in [-0.1, -0.05) is 0 Å². The van der Waals surface area contributed by atoms with Gasteiger partial charge in [-0.25, -0.2) is 0 Å². The maximum atomic E-state index is 5.26. The monoisotopic (exact) mass is 251 g/mol. The van der Waals surface area contributed by atoms with Crippen molar-refractivity contribution in [1.29, 1.82) is 0 Å². The van der Waals surface area contributed by atoms with Gasteiger partial charge in [-0.3, -0.25) is 0 Å². The molecule has 0 spiro atoms. The summed E-state index contributed by atoms with van der Waals surface area (Å²) in [5.74, 6) is 2.15. The van der Waals surface area contributed by atoms with Crippen LogP contribution in [-0.2, 0) is 0 Å². The molecule has 1 N–H and O–H groups in total. The Kier molecular flexibility index (Phi) is 3.43. The summed E-state index contributed by atoms with van der Waals surface area (Å²) in [5, 5.41) is 3.00. The van der Waals surface area contributed by atoms with Gasteiger partial charge in [0.05, 0.1) is 25.9 Å². The largest absolute Gasteiger partial charge is 0.493 e. The fraction of sp³-hybridized carbons (Fsp3) is 0.273. The Balaban J connectivity index is 2.46. The number of aromatic nitrogens is 2. The summed E-state index contributed by atoms with van der Waals surface area (Å²) in [7, 11) is 5.04. The number of rotatable bonds is 4. The van der Waals surface area contributed by atoms with Crippen molar-refractivity contribution in [2.24, 2.45) is 0 Å². The molecule has 0 aliphatic carbocycles. The number of anilines is 1. The van der Waals surface area contributed by atoms with Crippen LogP contribution in [0.25, 0.3) is 11.3 Å². The van der Waals surface area contributed by atoms with E-state index in [2.05, 4.69) is 14.1 Å². The number of ether oxygens (including phenoxy) is 2. The van der Waals surface area contributed by atoms with Gasteiger partial charge in [0.2, 0.25) is 0 Å². The van der Waals surface area contributed by atoms with Crippen LogP contribution in [0.2, 0.25) is 0 Å². The molecular weight excluding hydrogens is 238 g/mol. The van der Waals surface area contributed by atoms with E-state index in [0.29, 0.717) is 11.5 Å². The molecule has 1 aromatic carbocycles. The lowest BCUT2D eigenvalue weighted by Gasteiger charge is -2.08. The topological polar surface area (TPSA) is 56.3 Å². The maximum absolute atomic E-state index is 5.26. The Morgan fingerprint density at radius 3 is 2.53 bits per heavy atom. The smallest absolute Gasteiger partial charge is 0.167 e. The van der Waals surface area contributed by atoms with E-state index < -0.39 is 0 Å². The van der Waals surface area contributed by atoms with Gasteiger partial charge >= 0.3 is 0 Å². The molecule has 0 bridgehead atoms. The van der Waals surface area contributed by atoms with Crippen molar-refractivity contribution >= 4 is 17.5 Å². The third-order valence-electron chi connectivity index (χ3n) is 2.38. The average Bonchev–Trinajstić information content (AvgIpc) is 2.86. The molecule has 17 heavy (non-hydrogen) atoms. The van der Waals surface area contributed by atoms with Crippen molar-refractivity contribution in [3.8, 4) is 22.8 Å². The third-order valence-corrected chi connectivity index (χ3v) is 2.91. The van der Waals surface area contributed by atoms with E-state index in [1.165, 1.54) is 11.7 Å². The molecule has 0 unspecified atom stereocenters. The van der Waals surface area contributed by atoms with Crippen LogP contribution in [0.15, 0.2) is 18.2 Å². The molecule has 0 amide bonds. The van der Waals surface area contributed by atoms with Crippen LogP contribution in [-0.4, -0.2) is 30.0 Å². The minimum atomic E-state index is 0.681. The van der Waals surface area contributed by atoms with Crippen molar-refractivity contribution in [2.45, 2.75) is 0 Å². The lowest BCUT2D eigenvalue weighted by molar-refractivity contribution is 0.355. The van der Waals surface area contributed by atoms with Gasteiger partial charge in [0.1, 0.15) is 5.69 Å². The summed E-state index contributed by atoms with van der Waals surface area (Å²) in [4.78, 5) is 0. The third kappa shape index (κ3) is 2.16. The molecular formula is C11H13N3O2S. The van der Waals surface area contributed by atoms with Crippen LogP contribution in [0.4, 0.5) is 5.82 Å². The molecule has 2 aromatic rings. The maximum Gasteiger partial charge on any atom is 0.167 e. The summed E-state index contributed by atoms with van der Waals surface area (Å²) in [6.07, 6.45) is 0. The summed E-state index contributed by atoms with van der Waals surface area (Å²) in [6, 6.07) is 5.67. The molecule has 0 aliphatic rings. The van der Waals surface area contributed by atoms with E-state index in [1.807, 2.05) is 25.2 Å². The zero-order valence-corrected chi connectivity index (χ0v) is 10.7. The van der Waals surface area contributed by atoms with Gasteiger partial charge in [-0.15, -0.1) is 0 Å². The van der Waals surface area contributed by atoms with Crippen molar-refractivity contribution in [3.63, 3.8) is 0 Å². The van der Waals surface area contributed by atoms with Gasteiger partial charge in [0.25, 0.3) is 0 Å². The van der Waals surface area contributed by atoms with Crippen LogP contribution in [0, 0.1) is 0 Å². The number of benzene rings is 1. The van der Waals surface area contributed by atoms with E-state index in [1.54, 1.807) is 14.2 Å². The Labute approximate surface area is 104 Å². The van der Waals surface area contributed by atoms with Crippen LogP contribution in [0.5, 0.6) is 11.5 Å². The van der Waals surface area contributed by atoms with Gasteiger partial charge in [-0.2, -0.15) is 8.75 Å². The van der Waals surface area contributed by atoms with E-state index >= 15 is 0 Å². The highest BCUT2D eigenvalue weighted by molar-refractivity contribution is 6.99. The second-order valence-corrected chi connectivity index (χ2v) is 3.81. The van der Waals surface area contributed by atoms with Crippen LogP contribution in [0.3, 0.4) is 0 Å². The second-order valence-electron chi connectivity index (χ2n) is 3.28. The predicted molar refractivity (Wildman–Crippen MR) is 68.0 cm³/mol. The summed E-state index contributed by atoms with van der Waals surface area (Å²) in [6.45, 7) is 0. The molecule has 0 atom stereocenters.